The van der Waals surface area contributed by atoms with E-state index in [9.17, 15) is 24.0 Å². The first-order valence-corrected chi connectivity index (χ1v) is 15.1. The van der Waals surface area contributed by atoms with Gasteiger partial charge in [0.05, 0.1) is 29.8 Å². The van der Waals surface area contributed by atoms with Crippen molar-refractivity contribution < 1.29 is 28.7 Å². The lowest BCUT2D eigenvalue weighted by atomic mass is 10.0. The lowest BCUT2D eigenvalue weighted by molar-refractivity contribution is -0.136. The Morgan fingerprint density at radius 1 is 1.00 bits per heavy atom. The minimum Gasteiger partial charge on any atom is -0.461 e. The molecule has 0 aliphatic carbocycles. The molecule has 1 aromatic heterocycles. The van der Waals surface area contributed by atoms with Gasteiger partial charge in [0.25, 0.3) is 11.8 Å². The molecule has 0 bridgehead atoms. The molecule has 1 fully saturated rings. The van der Waals surface area contributed by atoms with Gasteiger partial charge in [-0.15, -0.1) is 0 Å². The van der Waals surface area contributed by atoms with Gasteiger partial charge in [0, 0.05) is 34.1 Å². The third-order valence-corrected chi connectivity index (χ3v) is 8.36. The fourth-order valence-electron chi connectivity index (χ4n) is 5.56. The molecule has 1 atom stereocenters. The Bertz CT molecular complexity index is 1870. The zero-order valence-corrected chi connectivity index (χ0v) is 25.4. The van der Waals surface area contributed by atoms with Gasteiger partial charge in [-0.1, -0.05) is 53.5 Å². The Balaban J connectivity index is 1.04. The Hall–Kier alpha value is -4.74. The van der Waals surface area contributed by atoms with Gasteiger partial charge in [0.15, 0.2) is 5.69 Å². The van der Waals surface area contributed by atoms with Gasteiger partial charge in [0.1, 0.15) is 6.04 Å². The molecule has 45 heavy (non-hydrogen) atoms. The van der Waals surface area contributed by atoms with Crippen molar-refractivity contribution in [3.05, 3.63) is 93.1 Å². The number of piperidine rings is 1. The molecule has 2 aliphatic heterocycles. The molecular weight excluding hydrogens is 621 g/mol. The van der Waals surface area contributed by atoms with Crippen LogP contribution < -0.4 is 10.6 Å². The van der Waals surface area contributed by atoms with E-state index in [1.54, 1.807) is 35.0 Å². The van der Waals surface area contributed by atoms with Crippen LogP contribution in [0.4, 0.5) is 5.69 Å². The van der Waals surface area contributed by atoms with Crippen LogP contribution in [0.15, 0.2) is 60.7 Å². The van der Waals surface area contributed by atoms with Gasteiger partial charge in [-0.05, 0) is 55.2 Å². The van der Waals surface area contributed by atoms with E-state index in [-0.39, 0.29) is 36.3 Å². The van der Waals surface area contributed by atoms with Crippen molar-refractivity contribution >= 4 is 69.4 Å². The highest BCUT2D eigenvalue weighted by molar-refractivity contribution is 6.35. The van der Waals surface area contributed by atoms with Gasteiger partial charge < -0.3 is 10.1 Å². The average molecular weight is 649 g/mol. The van der Waals surface area contributed by atoms with E-state index in [2.05, 4.69) is 15.7 Å². The summed E-state index contributed by atoms with van der Waals surface area (Å²) in [4.78, 5) is 64.1. The molecule has 0 radical (unpaired) electrons. The zero-order chi connectivity index (χ0) is 31.7. The summed E-state index contributed by atoms with van der Waals surface area (Å²) in [6, 6.07) is 16.5. The zero-order valence-electron chi connectivity index (χ0n) is 23.8. The second-order valence-corrected chi connectivity index (χ2v) is 11.5. The van der Waals surface area contributed by atoms with Crippen molar-refractivity contribution in [1.29, 1.82) is 0 Å². The summed E-state index contributed by atoms with van der Waals surface area (Å²) in [5, 5.41) is 11.6. The fourth-order valence-corrected chi connectivity index (χ4v) is 6.02. The van der Waals surface area contributed by atoms with E-state index in [0.717, 1.165) is 16.0 Å². The minimum absolute atomic E-state index is 0.0515. The van der Waals surface area contributed by atoms with Crippen molar-refractivity contribution in [3.8, 4) is 0 Å². The quantitative estimate of drug-likeness (QED) is 0.142. The van der Waals surface area contributed by atoms with E-state index in [0.29, 0.717) is 47.1 Å². The van der Waals surface area contributed by atoms with Gasteiger partial charge in [-0.2, -0.15) is 5.10 Å². The fraction of sp³-hybridized carbons (Fsp3) is 0.250. The van der Waals surface area contributed by atoms with Gasteiger partial charge >= 0.3 is 5.97 Å². The van der Waals surface area contributed by atoms with E-state index < -0.39 is 35.6 Å². The molecule has 0 spiro atoms. The standard InChI is InChI=1S/C32H27Cl2N5O6/c33-19-11-10-18(22(34)16-19)17-38-24-9-2-1-6-20(24)28(37-38)32(44)45-15-4-3-14-35-23-8-5-7-21-27(23)31(43)39(30(21)42)25-12-13-26(40)36-29(25)41/h1-2,5-11,16,25,35H,3-4,12-15,17H2,(H,36,40,41). The smallest absolute Gasteiger partial charge is 0.359 e. The molecule has 0 saturated carbocycles. The number of hydrogen-bond acceptors (Lipinski definition) is 8. The van der Waals surface area contributed by atoms with E-state index >= 15 is 0 Å². The van der Waals surface area contributed by atoms with Crippen LogP contribution in [0, 0.1) is 0 Å². The molecule has 2 N–H and O–H groups in total. The maximum Gasteiger partial charge on any atom is 0.359 e. The average Bonchev–Trinajstić information content (AvgIpc) is 3.51. The van der Waals surface area contributed by atoms with E-state index in [1.165, 1.54) is 0 Å². The summed E-state index contributed by atoms with van der Waals surface area (Å²) in [5.41, 5.74) is 2.64. The third-order valence-electron chi connectivity index (χ3n) is 7.77. The number of halogens is 2. The number of carbonyl (C=O) groups is 5. The number of carbonyl (C=O) groups excluding carboxylic acids is 5. The number of fused-ring (bicyclic) bond motifs is 2. The molecule has 230 valence electrons. The lowest BCUT2D eigenvalue weighted by Gasteiger charge is -2.27. The van der Waals surface area contributed by atoms with Crippen LogP contribution in [-0.2, 0) is 20.9 Å². The molecule has 3 heterocycles. The number of esters is 1. The number of rotatable bonds is 10. The van der Waals surface area contributed by atoms with Crippen molar-refractivity contribution in [3.63, 3.8) is 0 Å². The highest BCUT2D eigenvalue weighted by atomic mass is 35.5. The summed E-state index contributed by atoms with van der Waals surface area (Å²) in [6.07, 6.45) is 1.27. The first-order chi connectivity index (χ1) is 21.7. The van der Waals surface area contributed by atoms with Crippen LogP contribution in [0.25, 0.3) is 10.9 Å². The Kier molecular flexibility index (Phi) is 8.55. The maximum atomic E-state index is 13.2. The Labute approximate surface area is 267 Å². The van der Waals surface area contributed by atoms with Gasteiger partial charge in [0.2, 0.25) is 11.8 Å². The molecule has 4 aromatic rings. The van der Waals surface area contributed by atoms with Crippen LogP contribution in [0.5, 0.6) is 0 Å². The molecule has 1 saturated heterocycles. The minimum atomic E-state index is -1.03. The number of amides is 4. The number of nitrogens with zero attached hydrogens (tertiary/aromatic N) is 3. The highest BCUT2D eigenvalue weighted by Gasteiger charge is 2.45. The maximum absolute atomic E-state index is 13.2. The lowest BCUT2D eigenvalue weighted by Crippen LogP contribution is -2.54. The molecule has 2 aliphatic rings. The number of anilines is 1. The number of ether oxygens (including phenoxy) is 1. The summed E-state index contributed by atoms with van der Waals surface area (Å²) >= 11 is 12.4. The molecule has 13 heteroatoms. The number of imide groups is 2. The number of hydrogen-bond donors (Lipinski definition) is 2. The first-order valence-electron chi connectivity index (χ1n) is 14.4. The van der Waals surface area contributed by atoms with E-state index in [1.807, 2.05) is 30.3 Å². The van der Waals surface area contributed by atoms with Crippen LogP contribution in [-0.4, -0.2) is 63.5 Å². The number of benzene rings is 3. The van der Waals surface area contributed by atoms with Crippen molar-refractivity contribution in [2.24, 2.45) is 0 Å². The predicted octanol–water partition coefficient (Wildman–Crippen LogP) is 4.84. The number of unbranched alkanes of at least 4 members (excludes halogenated alkanes) is 1. The molecular formula is C32H27Cl2N5O6. The van der Waals surface area contributed by atoms with Gasteiger partial charge in [-0.3, -0.25) is 34.1 Å². The summed E-state index contributed by atoms with van der Waals surface area (Å²) in [5.74, 6) is -2.77. The number of nitrogens with one attached hydrogen (secondary N) is 2. The van der Waals surface area contributed by atoms with E-state index in [4.69, 9.17) is 27.9 Å². The Morgan fingerprint density at radius 3 is 2.62 bits per heavy atom. The van der Waals surface area contributed by atoms with Crippen molar-refractivity contribution in [2.75, 3.05) is 18.5 Å². The van der Waals surface area contributed by atoms with Crippen molar-refractivity contribution in [2.45, 2.75) is 38.3 Å². The number of para-hydroxylation sites is 1. The first kappa shape index (κ1) is 30.3. The monoisotopic (exact) mass is 647 g/mol. The topological polar surface area (TPSA) is 140 Å². The molecule has 1 unspecified atom stereocenters. The van der Waals surface area contributed by atoms with Gasteiger partial charge in [-0.25, -0.2) is 4.79 Å². The third kappa shape index (κ3) is 6.01. The molecule has 3 aromatic carbocycles. The molecule has 4 amide bonds. The Morgan fingerprint density at radius 2 is 1.82 bits per heavy atom. The molecule has 11 nitrogen and oxygen atoms in total. The summed E-state index contributed by atoms with van der Waals surface area (Å²) in [6.45, 7) is 0.934. The van der Waals surface area contributed by atoms with Crippen LogP contribution in [0.1, 0.15) is 62.5 Å². The van der Waals surface area contributed by atoms with Crippen LogP contribution >= 0.6 is 23.2 Å². The van der Waals surface area contributed by atoms with Crippen LogP contribution in [0.3, 0.4) is 0 Å². The number of aromatic nitrogens is 2. The van der Waals surface area contributed by atoms with Crippen molar-refractivity contribution in [1.82, 2.24) is 20.0 Å². The highest BCUT2D eigenvalue weighted by Crippen LogP contribution is 2.32. The van der Waals surface area contributed by atoms with Crippen LogP contribution in [0.2, 0.25) is 10.0 Å². The SMILES string of the molecule is O=C1CCC(N2C(=O)c3cccc(NCCCCOC(=O)c4nn(Cc5ccc(Cl)cc5Cl)c5ccccc45)c3C2=O)C(=O)N1. The summed E-state index contributed by atoms with van der Waals surface area (Å²) in [7, 11) is 0. The normalized spacial score (nSPS) is 16.2. The molecule has 6 rings (SSSR count). The summed E-state index contributed by atoms with van der Waals surface area (Å²) < 4.78 is 7.25. The second kappa shape index (κ2) is 12.7. The largest absolute Gasteiger partial charge is 0.461 e. The second-order valence-electron chi connectivity index (χ2n) is 10.7. The predicted molar refractivity (Wildman–Crippen MR) is 166 cm³/mol.